The van der Waals surface area contributed by atoms with Gasteiger partial charge in [-0.25, -0.2) is 0 Å². The number of nitrogens with zero attached hydrogens (tertiary/aromatic N) is 3. The van der Waals surface area contributed by atoms with E-state index in [2.05, 4.69) is 10.1 Å². The molecule has 2 aliphatic heterocycles. The van der Waals surface area contributed by atoms with Gasteiger partial charge in [-0.15, -0.1) is 0 Å². The average molecular weight is 281 g/mol. The molecule has 7 heteroatoms. The summed E-state index contributed by atoms with van der Waals surface area (Å²) in [6.07, 6.45) is 0.211. The maximum atomic E-state index is 12.2. The molecular weight excluding hydrogens is 262 g/mol. The van der Waals surface area contributed by atoms with Crippen molar-refractivity contribution in [2.24, 2.45) is 0 Å². The van der Waals surface area contributed by atoms with E-state index in [1.165, 1.54) is 0 Å². The van der Waals surface area contributed by atoms with Gasteiger partial charge in [0.05, 0.1) is 25.9 Å². The summed E-state index contributed by atoms with van der Waals surface area (Å²) in [6.45, 7) is 4.78. The van der Waals surface area contributed by atoms with Gasteiger partial charge in [-0.2, -0.15) is 0 Å². The van der Waals surface area contributed by atoms with E-state index in [0.29, 0.717) is 37.5 Å². The van der Waals surface area contributed by atoms with Gasteiger partial charge in [-0.1, -0.05) is 5.16 Å². The minimum atomic E-state index is -0.418. The van der Waals surface area contributed by atoms with Gasteiger partial charge in [-0.05, 0) is 6.42 Å². The largest absolute Gasteiger partial charge is 0.391 e. The Labute approximate surface area is 117 Å². The zero-order valence-corrected chi connectivity index (χ0v) is 11.3. The summed E-state index contributed by atoms with van der Waals surface area (Å²) in [5.74, 6) is 0.522. The summed E-state index contributed by atoms with van der Waals surface area (Å²) >= 11 is 0. The number of carbonyl (C=O) groups excluding carboxylic acids is 1. The van der Waals surface area contributed by atoms with Crippen LogP contribution in [0, 0.1) is 0 Å². The van der Waals surface area contributed by atoms with Crippen LogP contribution in [0.3, 0.4) is 0 Å². The van der Waals surface area contributed by atoms with E-state index in [9.17, 15) is 9.90 Å². The van der Waals surface area contributed by atoms with Crippen LogP contribution >= 0.6 is 0 Å². The number of amides is 1. The van der Waals surface area contributed by atoms with Crippen molar-refractivity contribution in [1.82, 2.24) is 15.0 Å². The fourth-order valence-corrected chi connectivity index (χ4v) is 2.56. The maximum absolute atomic E-state index is 12.2. The molecule has 2 saturated heterocycles. The van der Waals surface area contributed by atoms with Crippen molar-refractivity contribution in [1.29, 1.82) is 0 Å². The lowest BCUT2D eigenvalue weighted by Gasteiger charge is -2.25. The fraction of sp³-hybridized carbons (Fsp3) is 0.692. The van der Waals surface area contributed by atoms with Crippen LogP contribution in [0.2, 0.25) is 0 Å². The summed E-state index contributed by atoms with van der Waals surface area (Å²) in [7, 11) is 0. The first-order valence-corrected chi connectivity index (χ1v) is 6.95. The molecule has 1 aromatic rings. The van der Waals surface area contributed by atoms with Crippen molar-refractivity contribution < 1.29 is 19.2 Å². The van der Waals surface area contributed by atoms with Gasteiger partial charge in [-0.3, -0.25) is 9.69 Å². The Hall–Kier alpha value is -1.44. The molecule has 3 rings (SSSR count). The minimum absolute atomic E-state index is 0.168. The molecule has 1 atom stereocenters. The van der Waals surface area contributed by atoms with E-state index in [0.717, 1.165) is 26.3 Å². The third-order valence-corrected chi connectivity index (χ3v) is 3.71. The first-order chi connectivity index (χ1) is 9.72. The molecule has 0 radical (unpaired) electrons. The van der Waals surface area contributed by atoms with Crippen LogP contribution in [-0.2, 0) is 11.3 Å². The Morgan fingerprint density at radius 3 is 2.90 bits per heavy atom. The lowest BCUT2D eigenvalue weighted by Crippen LogP contribution is -2.35. The molecule has 0 aliphatic carbocycles. The number of aromatic nitrogens is 1. The highest BCUT2D eigenvalue weighted by Gasteiger charge is 2.27. The molecule has 0 unspecified atom stereocenters. The molecule has 0 spiro atoms. The summed E-state index contributed by atoms with van der Waals surface area (Å²) < 4.78 is 10.5. The first kappa shape index (κ1) is 13.5. The standard InChI is InChI=1S/C13H19N3O4/c17-10-1-2-16(8-10)13(18)12-7-11(20-14-12)9-15-3-5-19-6-4-15/h7,10,17H,1-6,8-9H2/t10-/m0/s1. The minimum Gasteiger partial charge on any atom is -0.391 e. The second-order valence-electron chi connectivity index (χ2n) is 5.26. The van der Waals surface area contributed by atoms with Gasteiger partial charge in [0.1, 0.15) is 0 Å². The molecule has 2 fully saturated rings. The average Bonchev–Trinajstić information content (AvgIpc) is 3.08. The van der Waals surface area contributed by atoms with Crippen molar-refractivity contribution in [3.05, 3.63) is 17.5 Å². The number of morpholine rings is 1. The van der Waals surface area contributed by atoms with Crippen molar-refractivity contribution >= 4 is 5.91 Å². The number of hydrogen-bond donors (Lipinski definition) is 1. The molecule has 0 aromatic carbocycles. The number of carbonyl (C=O) groups is 1. The molecule has 0 bridgehead atoms. The summed E-state index contributed by atoms with van der Waals surface area (Å²) in [5, 5.41) is 13.3. The van der Waals surface area contributed by atoms with Crippen LogP contribution < -0.4 is 0 Å². The summed E-state index contributed by atoms with van der Waals surface area (Å²) in [5.41, 5.74) is 0.322. The highest BCUT2D eigenvalue weighted by molar-refractivity contribution is 5.92. The summed E-state index contributed by atoms with van der Waals surface area (Å²) in [4.78, 5) is 16.0. The third-order valence-electron chi connectivity index (χ3n) is 3.71. The number of β-amino-alcohol motifs (C(OH)–C–C–N with tert-alkyl or cyclic N) is 1. The number of aliphatic hydroxyl groups excluding tert-OH is 1. The van der Waals surface area contributed by atoms with Gasteiger partial charge in [0, 0.05) is 32.2 Å². The third kappa shape index (κ3) is 3.00. The fourth-order valence-electron chi connectivity index (χ4n) is 2.56. The van der Waals surface area contributed by atoms with Crippen LogP contribution in [0.25, 0.3) is 0 Å². The first-order valence-electron chi connectivity index (χ1n) is 6.95. The van der Waals surface area contributed by atoms with Crippen LogP contribution in [0.5, 0.6) is 0 Å². The number of rotatable bonds is 3. The van der Waals surface area contributed by atoms with Crippen LogP contribution in [0.15, 0.2) is 10.6 Å². The lowest BCUT2D eigenvalue weighted by molar-refractivity contribution is 0.0305. The molecule has 3 heterocycles. The monoisotopic (exact) mass is 281 g/mol. The normalized spacial score (nSPS) is 24.2. The molecule has 2 aliphatic rings. The molecule has 7 nitrogen and oxygen atoms in total. The highest BCUT2D eigenvalue weighted by atomic mass is 16.5. The smallest absolute Gasteiger partial charge is 0.276 e. The predicted octanol–water partition coefficient (Wildman–Crippen LogP) is -0.286. The SMILES string of the molecule is O=C(c1cc(CN2CCOCC2)on1)N1CC[C@H](O)C1. The van der Waals surface area contributed by atoms with E-state index in [4.69, 9.17) is 9.26 Å². The van der Waals surface area contributed by atoms with Gasteiger partial charge in [0.25, 0.3) is 5.91 Å². The van der Waals surface area contributed by atoms with E-state index in [1.54, 1.807) is 11.0 Å². The van der Waals surface area contributed by atoms with Crippen molar-refractivity contribution in [2.75, 3.05) is 39.4 Å². The zero-order chi connectivity index (χ0) is 13.9. The molecule has 0 saturated carbocycles. The Bertz CT molecular complexity index is 470. The Morgan fingerprint density at radius 1 is 1.40 bits per heavy atom. The molecule has 1 N–H and O–H groups in total. The Balaban J connectivity index is 1.59. The van der Waals surface area contributed by atoms with Gasteiger partial charge >= 0.3 is 0 Å². The molecular formula is C13H19N3O4. The van der Waals surface area contributed by atoms with Crippen molar-refractivity contribution in [3.63, 3.8) is 0 Å². The second kappa shape index (κ2) is 5.90. The van der Waals surface area contributed by atoms with Crippen LogP contribution in [0.4, 0.5) is 0 Å². The number of likely N-dealkylation sites (tertiary alicyclic amines) is 1. The topological polar surface area (TPSA) is 79.0 Å². The van der Waals surface area contributed by atoms with Gasteiger partial charge in [0.2, 0.25) is 0 Å². The van der Waals surface area contributed by atoms with Crippen molar-refractivity contribution in [2.45, 2.75) is 19.1 Å². The zero-order valence-electron chi connectivity index (χ0n) is 11.3. The Kier molecular flexibility index (Phi) is 4.00. The second-order valence-corrected chi connectivity index (χ2v) is 5.26. The highest BCUT2D eigenvalue weighted by Crippen LogP contribution is 2.15. The lowest BCUT2D eigenvalue weighted by atomic mass is 10.3. The van der Waals surface area contributed by atoms with E-state index in [-0.39, 0.29) is 5.91 Å². The number of ether oxygens (including phenoxy) is 1. The van der Waals surface area contributed by atoms with Crippen LogP contribution in [-0.4, -0.2) is 71.5 Å². The van der Waals surface area contributed by atoms with Crippen molar-refractivity contribution in [3.8, 4) is 0 Å². The number of hydrogen-bond acceptors (Lipinski definition) is 6. The van der Waals surface area contributed by atoms with Crippen LogP contribution in [0.1, 0.15) is 22.7 Å². The summed E-state index contributed by atoms with van der Waals surface area (Å²) in [6, 6.07) is 1.70. The maximum Gasteiger partial charge on any atom is 0.276 e. The Morgan fingerprint density at radius 2 is 2.20 bits per heavy atom. The molecule has 110 valence electrons. The molecule has 20 heavy (non-hydrogen) atoms. The van der Waals surface area contributed by atoms with E-state index in [1.807, 2.05) is 0 Å². The molecule has 1 aromatic heterocycles. The van der Waals surface area contributed by atoms with E-state index < -0.39 is 6.10 Å². The predicted molar refractivity (Wildman–Crippen MR) is 69.1 cm³/mol. The molecule has 1 amide bonds. The quantitative estimate of drug-likeness (QED) is 0.820. The van der Waals surface area contributed by atoms with Gasteiger partial charge < -0.3 is 19.3 Å². The van der Waals surface area contributed by atoms with E-state index >= 15 is 0 Å². The van der Waals surface area contributed by atoms with Gasteiger partial charge in [0.15, 0.2) is 11.5 Å². The number of aliphatic hydroxyl groups is 1.